The van der Waals surface area contributed by atoms with Crippen LogP contribution in [-0.2, 0) is 0 Å². The molecule has 46 heavy (non-hydrogen) atoms. The maximum Gasteiger partial charge on any atom is 0.0787 e. The fraction of sp³-hybridized carbons (Fsp3) is 0.946. The largest absolute Gasteiger partial charge is 0.391 e. The topological polar surface area (TPSA) is 111 Å². The first-order chi connectivity index (χ1) is 21.5. The summed E-state index contributed by atoms with van der Waals surface area (Å²) in [6.07, 6.45) is 8.45. The molecule has 0 radical (unpaired) electrons. The average Bonchev–Trinajstić information content (AvgIpc) is 3.58. The van der Waals surface area contributed by atoms with Crippen molar-refractivity contribution in [3.05, 3.63) is 10.6 Å². The molecule has 4 heterocycles. The van der Waals surface area contributed by atoms with Gasteiger partial charge in [-0.25, -0.2) is 0 Å². The zero-order valence-corrected chi connectivity index (χ0v) is 32.0. The molecular weight excluding hydrogens is 594 g/mol. The summed E-state index contributed by atoms with van der Waals surface area (Å²) in [5.41, 5.74) is 19.8. The van der Waals surface area contributed by atoms with E-state index in [0.717, 1.165) is 50.2 Å². The van der Waals surface area contributed by atoms with Gasteiger partial charge in [-0.1, -0.05) is 17.2 Å². The van der Waals surface area contributed by atoms with Crippen molar-refractivity contribution in [2.45, 2.75) is 149 Å². The van der Waals surface area contributed by atoms with Crippen molar-refractivity contribution in [1.82, 2.24) is 19.6 Å². The van der Waals surface area contributed by atoms with Crippen molar-refractivity contribution >= 4 is 11.6 Å². The second-order valence-corrected chi connectivity index (χ2v) is 17.2. The van der Waals surface area contributed by atoms with Crippen molar-refractivity contribution in [3.63, 3.8) is 0 Å². The molecule has 7 N–H and O–H groups in total. The first kappa shape index (κ1) is 40.1. The first-order valence-electron chi connectivity index (χ1n) is 18.8. The van der Waals surface area contributed by atoms with Crippen LogP contribution >= 0.6 is 11.6 Å². The molecule has 270 valence electrons. The second kappa shape index (κ2) is 17.6. The zero-order valence-electron chi connectivity index (χ0n) is 31.3. The molecule has 5 atom stereocenters. The molecule has 2 saturated carbocycles. The minimum absolute atomic E-state index is 0.00142. The fourth-order valence-corrected chi connectivity index (χ4v) is 7.83. The first-order valence-corrected chi connectivity index (χ1v) is 19.1. The number of rotatable bonds is 7. The van der Waals surface area contributed by atoms with E-state index in [1.165, 1.54) is 70.4 Å². The highest BCUT2D eigenvalue weighted by atomic mass is 35.5. The Morgan fingerprint density at radius 2 is 1.22 bits per heavy atom. The lowest BCUT2D eigenvalue weighted by Crippen LogP contribution is -2.36. The van der Waals surface area contributed by atoms with Gasteiger partial charge in [-0.15, -0.1) is 0 Å². The highest BCUT2D eigenvalue weighted by Gasteiger charge is 2.57. The van der Waals surface area contributed by atoms with E-state index in [0.29, 0.717) is 35.2 Å². The van der Waals surface area contributed by atoms with Gasteiger partial charge in [0, 0.05) is 85.6 Å². The molecule has 6 rings (SSSR count). The van der Waals surface area contributed by atoms with Crippen LogP contribution in [0.25, 0.3) is 0 Å². The zero-order chi connectivity index (χ0) is 34.4. The van der Waals surface area contributed by atoms with Crippen LogP contribution in [0.1, 0.15) is 107 Å². The third kappa shape index (κ3) is 11.7. The summed E-state index contributed by atoms with van der Waals surface area (Å²) in [6, 6.07) is 3.08. The predicted molar refractivity (Wildman–Crippen MR) is 197 cm³/mol. The molecule has 0 aromatic rings. The normalized spacial score (nSPS) is 31.7. The molecule has 0 aromatic heterocycles. The van der Waals surface area contributed by atoms with Gasteiger partial charge in [0.05, 0.1) is 6.61 Å². The number of hydrogen-bond acceptors (Lipinski definition) is 8. The molecular formula is C37H74ClN7O. The number of piperidine rings is 2. The van der Waals surface area contributed by atoms with Crippen molar-refractivity contribution in [2.24, 2.45) is 35.0 Å². The van der Waals surface area contributed by atoms with Crippen molar-refractivity contribution in [1.29, 1.82) is 0 Å². The molecule has 0 amide bonds. The van der Waals surface area contributed by atoms with Crippen LogP contribution in [-0.4, -0.2) is 125 Å². The van der Waals surface area contributed by atoms with Gasteiger partial charge in [-0.05, 0) is 138 Å². The number of fused-ring (bicyclic) bond motifs is 1. The summed E-state index contributed by atoms with van der Waals surface area (Å²) in [5.74, 6) is 2.35. The number of likely N-dealkylation sites (tertiary alicyclic amines) is 4. The molecule has 6 fully saturated rings. The van der Waals surface area contributed by atoms with Crippen LogP contribution in [0.15, 0.2) is 10.6 Å². The van der Waals surface area contributed by atoms with Crippen LogP contribution in [0.2, 0.25) is 0 Å². The molecule has 4 saturated heterocycles. The lowest BCUT2D eigenvalue weighted by atomic mass is 9.97. The Morgan fingerprint density at radius 1 is 0.717 bits per heavy atom. The molecule has 9 heteroatoms. The molecule has 0 aromatic carbocycles. The standard InChI is InChI=1S/C10H18ClNO.C10H20N2.C9H20N2.C8H16N2/c1-8(2)12-5-3-9(4-6-12)10(11)7-13;1-8(2)12-6-3-9(7-12)10(11)4-5-10;1-7(2)11-5-4-9(6-11)8(3)10;1-6(2)10-4-7-3-8(7,9)5-10/h8,13H,3-7H2,1-2H3;8-9H,3-7,11H2,1-2H3;7-9H,4-6,10H2,1-3H3;6-7H,3-5,9H2,1-2H3/t;9-;8-,9+;/m.10./s1. The van der Waals surface area contributed by atoms with Crippen LogP contribution in [0.5, 0.6) is 0 Å². The number of aliphatic hydroxyl groups excluding tert-OH is 1. The number of hydrogen-bond donors (Lipinski definition) is 4. The van der Waals surface area contributed by atoms with Crippen LogP contribution in [0, 0.1) is 17.8 Å². The Hall–Kier alpha value is -0.290. The van der Waals surface area contributed by atoms with Crippen LogP contribution < -0.4 is 17.2 Å². The van der Waals surface area contributed by atoms with Gasteiger partial charge in [0.15, 0.2) is 0 Å². The molecule has 0 spiro atoms. The number of nitrogens with two attached hydrogens (primary N) is 3. The summed E-state index contributed by atoms with van der Waals surface area (Å²) in [4.78, 5) is 9.98. The lowest BCUT2D eigenvalue weighted by Gasteiger charge is -2.31. The number of aliphatic hydroxyl groups is 1. The Bertz CT molecular complexity index is 928. The summed E-state index contributed by atoms with van der Waals surface area (Å²) >= 11 is 5.88. The van der Waals surface area contributed by atoms with Crippen molar-refractivity contribution < 1.29 is 5.11 Å². The second-order valence-electron chi connectivity index (χ2n) is 16.8. The van der Waals surface area contributed by atoms with Gasteiger partial charge in [0.2, 0.25) is 0 Å². The van der Waals surface area contributed by atoms with Gasteiger partial charge in [-0.2, -0.15) is 0 Å². The molecule has 4 aliphatic heterocycles. The van der Waals surface area contributed by atoms with Crippen LogP contribution in [0.3, 0.4) is 0 Å². The van der Waals surface area contributed by atoms with Crippen molar-refractivity contribution in [2.75, 3.05) is 59.0 Å². The van der Waals surface area contributed by atoms with Gasteiger partial charge < -0.3 is 37.0 Å². The van der Waals surface area contributed by atoms with E-state index in [-0.39, 0.29) is 17.7 Å². The van der Waals surface area contributed by atoms with Gasteiger partial charge in [0.1, 0.15) is 0 Å². The Morgan fingerprint density at radius 3 is 1.57 bits per heavy atom. The highest BCUT2D eigenvalue weighted by molar-refractivity contribution is 6.30. The van der Waals surface area contributed by atoms with E-state index in [1.807, 2.05) is 0 Å². The van der Waals surface area contributed by atoms with Gasteiger partial charge in [0.25, 0.3) is 0 Å². The van der Waals surface area contributed by atoms with E-state index in [1.54, 1.807) is 0 Å². The Kier molecular flexibility index (Phi) is 15.3. The van der Waals surface area contributed by atoms with E-state index >= 15 is 0 Å². The maximum absolute atomic E-state index is 8.86. The summed E-state index contributed by atoms with van der Waals surface area (Å²) in [6.45, 7) is 29.6. The minimum Gasteiger partial charge on any atom is -0.391 e. The highest BCUT2D eigenvalue weighted by Crippen LogP contribution is 2.47. The molecule has 2 unspecified atom stereocenters. The minimum atomic E-state index is -0.00142. The van der Waals surface area contributed by atoms with Gasteiger partial charge >= 0.3 is 0 Å². The quantitative estimate of drug-likeness (QED) is 0.310. The number of nitrogens with zero attached hydrogens (tertiary/aromatic N) is 4. The predicted octanol–water partition coefficient (Wildman–Crippen LogP) is 4.68. The molecule has 8 nitrogen and oxygen atoms in total. The SMILES string of the molecule is CC(C)N1CC2CC2(N)C1.CC(C)N1CCC(=C(Cl)CO)CC1.CC(C)N1CC[C@@H](C2(N)CC2)C1.CC(C)N1CC[C@@H]([C@H](C)N)C1. The van der Waals surface area contributed by atoms with Gasteiger partial charge in [-0.3, -0.25) is 4.90 Å². The molecule has 2 aliphatic carbocycles. The van der Waals surface area contributed by atoms with E-state index in [4.69, 9.17) is 33.9 Å². The Balaban J connectivity index is 0.000000168. The van der Waals surface area contributed by atoms with E-state index in [9.17, 15) is 0 Å². The average molecular weight is 668 g/mol. The summed E-state index contributed by atoms with van der Waals surface area (Å²) in [5, 5.41) is 9.51. The van der Waals surface area contributed by atoms with E-state index < -0.39 is 0 Å². The van der Waals surface area contributed by atoms with E-state index in [2.05, 4.69) is 81.9 Å². The molecule has 6 aliphatic rings. The smallest absolute Gasteiger partial charge is 0.0787 e. The number of halogens is 1. The fourth-order valence-electron chi connectivity index (χ4n) is 7.64. The monoisotopic (exact) mass is 668 g/mol. The summed E-state index contributed by atoms with van der Waals surface area (Å²) < 4.78 is 0. The summed E-state index contributed by atoms with van der Waals surface area (Å²) in [7, 11) is 0. The third-order valence-corrected chi connectivity index (χ3v) is 12.3. The maximum atomic E-state index is 8.86. The lowest BCUT2D eigenvalue weighted by molar-refractivity contribution is 0.206. The third-order valence-electron chi connectivity index (χ3n) is 11.9. The molecule has 0 bridgehead atoms. The van der Waals surface area contributed by atoms with Crippen molar-refractivity contribution in [3.8, 4) is 0 Å². The Labute approximate surface area is 288 Å². The van der Waals surface area contributed by atoms with Crippen LogP contribution in [0.4, 0.5) is 0 Å².